The van der Waals surface area contributed by atoms with Crippen molar-refractivity contribution in [1.29, 1.82) is 0 Å². The Morgan fingerprint density at radius 1 is 1.33 bits per heavy atom. The van der Waals surface area contributed by atoms with E-state index in [0.29, 0.717) is 5.70 Å². The summed E-state index contributed by atoms with van der Waals surface area (Å²) in [5.74, 6) is 0. The topological polar surface area (TPSA) is 46.2 Å². The molecule has 0 saturated carbocycles. The molecule has 0 aromatic heterocycles. The lowest BCUT2D eigenvalue weighted by molar-refractivity contribution is 0.474. The van der Waals surface area contributed by atoms with Gasteiger partial charge < -0.3 is 5.32 Å². The zero-order valence-electron chi connectivity index (χ0n) is 8.30. The minimum Gasteiger partial charge on any atom is -0.383 e. The molecule has 0 atom stereocenters. The summed E-state index contributed by atoms with van der Waals surface area (Å²) in [5.41, 5.74) is 0.579. The molecule has 0 saturated heterocycles. The number of nitrogens with one attached hydrogen (secondary N) is 1. The van der Waals surface area contributed by atoms with Crippen molar-refractivity contribution in [2.45, 2.75) is 33.2 Å². The number of sulfone groups is 1. The van der Waals surface area contributed by atoms with Gasteiger partial charge in [0.25, 0.3) is 0 Å². The summed E-state index contributed by atoms with van der Waals surface area (Å²) < 4.78 is 21.6. The van der Waals surface area contributed by atoms with Gasteiger partial charge in [0.1, 0.15) is 0 Å². The molecule has 0 aliphatic rings. The van der Waals surface area contributed by atoms with Crippen LogP contribution >= 0.6 is 0 Å². The Morgan fingerprint density at radius 3 is 2.00 bits per heavy atom. The zero-order chi connectivity index (χ0) is 9.99. The maximum absolute atomic E-state index is 10.8. The third kappa shape index (κ3) is 7.60. The summed E-state index contributed by atoms with van der Waals surface area (Å²) in [6, 6.07) is 0. The van der Waals surface area contributed by atoms with Crippen LogP contribution in [0.15, 0.2) is 11.1 Å². The zero-order valence-corrected chi connectivity index (χ0v) is 9.12. The van der Waals surface area contributed by atoms with E-state index in [0.717, 1.165) is 0 Å². The normalized spacial score (nSPS) is 14.6. The lowest BCUT2D eigenvalue weighted by atomic mass is 10.1. The van der Waals surface area contributed by atoms with Gasteiger partial charge in [-0.2, -0.15) is 0 Å². The highest BCUT2D eigenvalue weighted by Crippen LogP contribution is 2.03. The van der Waals surface area contributed by atoms with Crippen LogP contribution in [-0.2, 0) is 9.84 Å². The molecular weight excluding hydrogens is 174 g/mol. The molecule has 4 heteroatoms. The first-order valence-corrected chi connectivity index (χ1v) is 5.72. The molecule has 0 bridgehead atoms. The number of hydrogen-bond acceptors (Lipinski definition) is 3. The van der Waals surface area contributed by atoms with Crippen LogP contribution in [0, 0.1) is 0 Å². The summed E-state index contributed by atoms with van der Waals surface area (Å²) >= 11 is 0. The second-order valence-corrected chi connectivity index (χ2v) is 5.90. The van der Waals surface area contributed by atoms with E-state index >= 15 is 0 Å². The molecule has 1 N–H and O–H groups in total. The number of hydrogen-bond donors (Lipinski definition) is 1. The second kappa shape index (κ2) is 3.47. The molecule has 0 aliphatic heterocycles. The van der Waals surface area contributed by atoms with Crippen molar-refractivity contribution in [3.63, 3.8) is 0 Å². The molecule has 72 valence electrons. The van der Waals surface area contributed by atoms with Crippen LogP contribution < -0.4 is 5.32 Å². The molecule has 0 fully saturated rings. The first-order chi connectivity index (χ1) is 5.10. The molecule has 0 spiro atoms. The van der Waals surface area contributed by atoms with Crippen molar-refractivity contribution in [3.8, 4) is 0 Å². The molecule has 0 aliphatic carbocycles. The Labute approximate surface area is 74.8 Å². The Hall–Kier alpha value is -0.510. The van der Waals surface area contributed by atoms with E-state index in [1.54, 1.807) is 6.92 Å². The van der Waals surface area contributed by atoms with Crippen LogP contribution in [-0.4, -0.2) is 20.2 Å². The third-order valence-corrected chi connectivity index (χ3v) is 1.74. The van der Waals surface area contributed by atoms with Gasteiger partial charge in [-0.1, -0.05) is 0 Å². The van der Waals surface area contributed by atoms with Crippen LogP contribution in [0.1, 0.15) is 27.7 Å². The van der Waals surface area contributed by atoms with E-state index < -0.39 is 9.84 Å². The average molecular weight is 191 g/mol. The predicted molar refractivity (Wildman–Crippen MR) is 51.5 cm³/mol. The quantitative estimate of drug-likeness (QED) is 0.715. The van der Waals surface area contributed by atoms with Gasteiger partial charge in [0.2, 0.25) is 0 Å². The van der Waals surface area contributed by atoms with Crippen molar-refractivity contribution in [1.82, 2.24) is 5.32 Å². The van der Waals surface area contributed by atoms with Crippen LogP contribution in [0.2, 0.25) is 0 Å². The molecule has 0 aromatic carbocycles. The van der Waals surface area contributed by atoms with Crippen LogP contribution in [0.4, 0.5) is 0 Å². The first-order valence-electron chi connectivity index (χ1n) is 3.77. The van der Waals surface area contributed by atoms with Crippen molar-refractivity contribution in [3.05, 3.63) is 11.1 Å². The van der Waals surface area contributed by atoms with Crippen molar-refractivity contribution < 1.29 is 8.42 Å². The fourth-order valence-electron chi connectivity index (χ4n) is 0.942. The maximum atomic E-state index is 10.8. The molecule has 12 heavy (non-hydrogen) atoms. The molecule has 0 heterocycles. The van der Waals surface area contributed by atoms with E-state index in [4.69, 9.17) is 0 Å². The van der Waals surface area contributed by atoms with E-state index in [9.17, 15) is 8.42 Å². The Balaban J connectivity index is 4.44. The Bertz CT molecular complexity index is 270. The highest BCUT2D eigenvalue weighted by molar-refractivity contribution is 7.93. The summed E-state index contributed by atoms with van der Waals surface area (Å²) in [5, 5.41) is 4.29. The fourth-order valence-corrected chi connectivity index (χ4v) is 1.64. The van der Waals surface area contributed by atoms with Gasteiger partial charge in [0.15, 0.2) is 9.84 Å². The molecule has 0 aromatic rings. The number of allylic oxidation sites excluding steroid dienone is 1. The standard InChI is InChI=1S/C8H17NO2S/c1-7(6-12(5,10)11)9-8(2,3)4/h6,9H,1-5H3/b7-6+. The van der Waals surface area contributed by atoms with Gasteiger partial charge in [-0.25, -0.2) is 8.42 Å². The van der Waals surface area contributed by atoms with Gasteiger partial charge in [-0.05, 0) is 27.7 Å². The molecule has 0 amide bonds. The largest absolute Gasteiger partial charge is 0.383 e. The molecule has 0 unspecified atom stereocenters. The summed E-state index contributed by atoms with van der Waals surface area (Å²) in [4.78, 5) is 0. The van der Waals surface area contributed by atoms with Gasteiger partial charge in [0, 0.05) is 22.9 Å². The molecule has 3 nitrogen and oxygen atoms in total. The summed E-state index contributed by atoms with van der Waals surface area (Å²) in [6.45, 7) is 7.68. The van der Waals surface area contributed by atoms with Crippen LogP contribution in [0.25, 0.3) is 0 Å². The minimum absolute atomic E-state index is 0.0920. The van der Waals surface area contributed by atoms with Crippen molar-refractivity contribution in [2.75, 3.05) is 6.26 Å². The van der Waals surface area contributed by atoms with Crippen molar-refractivity contribution in [2.24, 2.45) is 0 Å². The van der Waals surface area contributed by atoms with E-state index in [-0.39, 0.29) is 5.54 Å². The minimum atomic E-state index is -3.02. The molecule has 0 radical (unpaired) electrons. The van der Waals surface area contributed by atoms with E-state index in [2.05, 4.69) is 5.32 Å². The molecular formula is C8H17NO2S. The van der Waals surface area contributed by atoms with Gasteiger partial charge in [-0.3, -0.25) is 0 Å². The molecule has 0 rings (SSSR count). The van der Waals surface area contributed by atoms with E-state index in [1.807, 2.05) is 20.8 Å². The predicted octanol–water partition coefficient (Wildman–Crippen LogP) is 1.28. The summed E-state index contributed by atoms with van der Waals surface area (Å²) in [7, 11) is -3.02. The lowest BCUT2D eigenvalue weighted by Crippen LogP contribution is -2.34. The summed E-state index contributed by atoms with van der Waals surface area (Å²) in [6.07, 6.45) is 1.18. The smallest absolute Gasteiger partial charge is 0.170 e. The van der Waals surface area contributed by atoms with Gasteiger partial charge >= 0.3 is 0 Å². The van der Waals surface area contributed by atoms with Crippen molar-refractivity contribution >= 4 is 9.84 Å². The van der Waals surface area contributed by atoms with Gasteiger partial charge in [-0.15, -0.1) is 0 Å². The highest BCUT2D eigenvalue weighted by Gasteiger charge is 2.09. The third-order valence-electron chi connectivity index (χ3n) is 0.963. The monoisotopic (exact) mass is 191 g/mol. The first kappa shape index (κ1) is 11.5. The Morgan fingerprint density at radius 2 is 1.75 bits per heavy atom. The highest BCUT2D eigenvalue weighted by atomic mass is 32.2. The SMILES string of the molecule is C/C(=C\S(C)(=O)=O)NC(C)(C)C. The Kier molecular flexibility index (Phi) is 3.33. The number of rotatable bonds is 2. The lowest BCUT2D eigenvalue weighted by Gasteiger charge is -2.22. The van der Waals surface area contributed by atoms with Crippen LogP contribution in [0.5, 0.6) is 0 Å². The van der Waals surface area contributed by atoms with E-state index in [1.165, 1.54) is 11.7 Å². The second-order valence-electron chi connectivity index (χ2n) is 4.01. The van der Waals surface area contributed by atoms with Gasteiger partial charge in [0.05, 0.1) is 0 Å². The maximum Gasteiger partial charge on any atom is 0.170 e. The average Bonchev–Trinajstić information content (AvgIpc) is 1.49. The van der Waals surface area contributed by atoms with Crippen LogP contribution in [0.3, 0.4) is 0 Å². The fraction of sp³-hybridized carbons (Fsp3) is 0.750.